The van der Waals surface area contributed by atoms with E-state index in [4.69, 9.17) is 30.0 Å². The van der Waals surface area contributed by atoms with Gasteiger partial charge in [0.05, 0.1) is 45.4 Å². The molecule has 0 bridgehead atoms. The molecule has 0 saturated heterocycles. The summed E-state index contributed by atoms with van der Waals surface area (Å²) in [6.07, 6.45) is 0. The van der Waals surface area contributed by atoms with Crippen LogP contribution in [0.5, 0.6) is 0 Å². The molecule has 0 fully saturated rings. The Morgan fingerprint density at radius 3 is 1.46 bits per heavy atom. The number of hydrogen-bond donors (Lipinski definition) is 0. The molecule has 12 aromatic rings. The molecule has 0 radical (unpaired) electrons. The lowest BCUT2D eigenvalue weighted by Gasteiger charge is -2.35. The molecule has 0 aliphatic heterocycles. The second-order valence-corrected chi connectivity index (χ2v) is 18.5. The lowest BCUT2D eigenvalue weighted by molar-refractivity contribution is 0.893. The lowest BCUT2D eigenvalue weighted by Crippen LogP contribution is -2.74. The van der Waals surface area contributed by atoms with E-state index in [2.05, 4.69) is 0 Å². The van der Waals surface area contributed by atoms with Crippen LogP contribution in [-0.2, 0) is 0 Å². The molecule has 296 valence electrons. The molecular formula is C57H39N5Si. The molecule has 9 aromatic carbocycles. The zero-order chi connectivity index (χ0) is 56.5. The molecule has 0 N–H and O–H groups in total. The topological polar surface area (TPSA) is 48.5 Å². The Hall–Kier alpha value is -8.19. The summed E-state index contributed by atoms with van der Waals surface area (Å²) >= 11 is 0. The van der Waals surface area contributed by atoms with E-state index in [0.29, 0.717) is 37.4 Å². The smallest absolute Gasteiger partial charge is 0.240 e. The minimum atomic E-state index is -4.26. The molecule has 0 unspecified atom stereocenters. The fraction of sp³-hybridized carbons (Fsp3) is 0. The van der Waals surface area contributed by atoms with Gasteiger partial charge < -0.3 is 0 Å². The van der Waals surface area contributed by atoms with Crippen LogP contribution in [0.3, 0.4) is 0 Å². The van der Waals surface area contributed by atoms with Gasteiger partial charge in [0.1, 0.15) is 0 Å². The van der Waals surface area contributed by atoms with Crippen molar-refractivity contribution in [3.63, 3.8) is 0 Å². The number of rotatable bonds is 8. The molecule has 0 spiro atoms. The van der Waals surface area contributed by atoms with E-state index < -0.39 is 105 Å². The standard InChI is InChI=1S/C57H39N5Si/c1-4-20-40(21-5-1)41-22-18-28-45(38-41)63(43-24-6-2-7-25-43,44-26-8-3-9-27-44)46-29-19-23-42(39-46)55-58-56(61-51-34-14-10-30-47(51)48-31-11-15-35-52(48)61)60-57(59-55)62-53-36-16-12-32-49(53)50-33-13-17-37-54(50)62/h1-39H/i1D,4D,5D,10D,12D,14D,16D,19D,20D,21D,23D,29D,30D,32D,34D,36D,39D. The minimum absolute atomic E-state index is 0.00965. The molecule has 0 aliphatic rings. The van der Waals surface area contributed by atoms with E-state index in [-0.39, 0.29) is 67.7 Å². The Morgan fingerprint density at radius 1 is 0.349 bits per heavy atom. The minimum Gasteiger partial charge on any atom is -0.278 e. The maximum absolute atomic E-state index is 10.6. The van der Waals surface area contributed by atoms with Gasteiger partial charge >= 0.3 is 0 Å². The molecule has 0 amide bonds. The van der Waals surface area contributed by atoms with Crippen LogP contribution in [0.4, 0.5) is 0 Å². The summed E-state index contributed by atoms with van der Waals surface area (Å²) in [5, 5.41) is 2.72. The highest BCUT2D eigenvalue weighted by Gasteiger charge is 2.42. The van der Waals surface area contributed by atoms with Crippen LogP contribution in [0.25, 0.3) is 78.0 Å². The third-order valence-electron chi connectivity index (χ3n) is 11.3. The second kappa shape index (κ2) is 15.1. The predicted molar refractivity (Wildman–Crippen MR) is 263 cm³/mol. The van der Waals surface area contributed by atoms with E-state index >= 15 is 0 Å². The summed E-state index contributed by atoms with van der Waals surface area (Å²) in [5.41, 5.74) is 0.359. The van der Waals surface area contributed by atoms with Crippen LogP contribution in [0, 0.1) is 0 Å². The molecule has 6 heteroatoms. The molecular weight excluding hydrogens is 783 g/mol. The van der Waals surface area contributed by atoms with Gasteiger partial charge in [-0.05, 0) is 56.1 Å². The van der Waals surface area contributed by atoms with Crippen molar-refractivity contribution in [1.29, 1.82) is 0 Å². The van der Waals surface area contributed by atoms with Gasteiger partial charge in [-0.15, -0.1) is 0 Å². The summed E-state index contributed by atoms with van der Waals surface area (Å²) in [6, 6.07) is 29.9. The van der Waals surface area contributed by atoms with Crippen LogP contribution in [0.2, 0.25) is 0 Å². The van der Waals surface area contributed by atoms with Crippen LogP contribution in [-0.4, -0.2) is 32.2 Å². The Kier molecular flexibility index (Phi) is 5.53. The molecule has 0 saturated carbocycles. The Bertz CT molecular complexity index is 4420. The van der Waals surface area contributed by atoms with Crippen molar-refractivity contribution in [2.75, 3.05) is 0 Å². The van der Waals surface area contributed by atoms with E-state index in [9.17, 15) is 8.22 Å². The van der Waals surface area contributed by atoms with Gasteiger partial charge in [0.25, 0.3) is 0 Å². The number of nitrogens with zero attached hydrogens (tertiary/aromatic N) is 5. The SMILES string of the molecule is [2H]c1c([2H])c([2H])c(-c2cccc([Si](c3ccccc3)(c3ccccc3)c3c([2H])c([2H])c([2H])c(-c4nc(-n5c6ccccc6c6c([2H])c([2H])c([2H])c([2H])c65)nc(-n5c6ccccc6c6c([2H])c([2H])c([2H])c([2H])c65)n4)c3[2H])c2)c([2H])c1[2H]. The van der Waals surface area contributed by atoms with Gasteiger partial charge in [-0.1, -0.05) is 212 Å². The normalized spacial score (nSPS) is 15.6. The molecule has 5 nitrogen and oxygen atoms in total. The van der Waals surface area contributed by atoms with E-state index in [0.717, 1.165) is 0 Å². The third-order valence-corrected chi connectivity index (χ3v) is 15.9. The molecule has 0 atom stereocenters. The maximum atomic E-state index is 10.6. The monoisotopic (exact) mass is 838 g/mol. The van der Waals surface area contributed by atoms with Gasteiger partial charge in [0.2, 0.25) is 11.9 Å². The quantitative estimate of drug-likeness (QED) is 0.113. The highest BCUT2D eigenvalue weighted by atomic mass is 28.3. The fourth-order valence-electron chi connectivity index (χ4n) is 8.67. The van der Waals surface area contributed by atoms with Gasteiger partial charge in [-0.25, -0.2) is 0 Å². The summed E-state index contributed by atoms with van der Waals surface area (Å²) in [7, 11) is -4.26. The zero-order valence-corrected chi connectivity index (χ0v) is 33.9. The Morgan fingerprint density at radius 2 is 0.857 bits per heavy atom. The van der Waals surface area contributed by atoms with Crippen LogP contribution in [0.1, 0.15) is 23.3 Å². The average molecular weight is 839 g/mol. The van der Waals surface area contributed by atoms with Crippen LogP contribution >= 0.6 is 0 Å². The van der Waals surface area contributed by atoms with Crippen molar-refractivity contribution < 1.29 is 23.3 Å². The number of para-hydroxylation sites is 4. The summed E-state index contributed by atoms with van der Waals surface area (Å²) < 4.78 is 158. The first-order chi connectivity index (χ1) is 38.3. The number of fused-ring (bicyclic) bond motifs is 6. The van der Waals surface area contributed by atoms with Crippen LogP contribution < -0.4 is 20.7 Å². The first kappa shape index (κ1) is 23.1. The molecule has 12 rings (SSSR count). The molecule has 3 aromatic heterocycles. The number of benzene rings is 9. The van der Waals surface area contributed by atoms with Gasteiger partial charge in [0.15, 0.2) is 13.9 Å². The average Bonchev–Trinajstić information content (AvgIpc) is 4.17. The first-order valence-electron chi connectivity index (χ1n) is 28.5. The van der Waals surface area contributed by atoms with Gasteiger partial charge in [-0.2, -0.15) is 15.0 Å². The summed E-state index contributed by atoms with van der Waals surface area (Å²) in [6.45, 7) is 0. The van der Waals surface area contributed by atoms with Gasteiger partial charge in [0, 0.05) is 27.1 Å². The zero-order valence-electron chi connectivity index (χ0n) is 49.9. The molecule has 3 heterocycles. The Labute approximate surface area is 389 Å². The van der Waals surface area contributed by atoms with Crippen molar-refractivity contribution in [2.45, 2.75) is 0 Å². The van der Waals surface area contributed by atoms with Crippen molar-refractivity contribution in [1.82, 2.24) is 24.1 Å². The predicted octanol–water partition coefficient (Wildman–Crippen LogP) is 10.8. The van der Waals surface area contributed by atoms with E-state index in [1.54, 1.807) is 109 Å². The second-order valence-electron chi connectivity index (χ2n) is 14.7. The van der Waals surface area contributed by atoms with E-state index in [1.807, 2.05) is 24.3 Å². The summed E-state index contributed by atoms with van der Waals surface area (Å²) in [4.78, 5) is 15.0. The summed E-state index contributed by atoms with van der Waals surface area (Å²) in [5.74, 6) is -1.00. The fourth-order valence-corrected chi connectivity index (χ4v) is 13.2. The highest BCUT2D eigenvalue weighted by molar-refractivity contribution is 7.20. The maximum Gasteiger partial charge on any atom is 0.240 e. The first-order valence-corrected chi connectivity index (χ1v) is 22.0. The third kappa shape index (κ3) is 5.95. The lowest BCUT2D eigenvalue weighted by atomic mass is 10.1. The molecule has 0 aliphatic carbocycles. The van der Waals surface area contributed by atoms with Crippen molar-refractivity contribution >= 4 is 72.4 Å². The number of hydrogen-bond acceptors (Lipinski definition) is 3. The highest BCUT2D eigenvalue weighted by Crippen LogP contribution is 2.34. The van der Waals surface area contributed by atoms with Crippen molar-refractivity contribution in [3.8, 4) is 34.4 Å². The largest absolute Gasteiger partial charge is 0.278 e. The van der Waals surface area contributed by atoms with Crippen LogP contribution in [0.15, 0.2) is 236 Å². The Balaban J connectivity index is 1.26. The van der Waals surface area contributed by atoms with Crippen molar-refractivity contribution in [2.24, 2.45) is 0 Å². The molecule has 63 heavy (non-hydrogen) atoms. The van der Waals surface area contributed by atoms with Crippen molar-refractivity contribution in [3.05, 3.63) is 236 Å². The number of aromatic nitrogens is 5. The van der Waals surface area contributed by atoms with Gasteiger partial charge in [-0.3, -0.25) is 9.13 Å². The van der Waals surface area contributed by atoms with E-state index in [1.165, 1.54) is 9.13 Å².